The number of hydrogen-bond donors (Lipinski definition) is 1. The van der Waals surface area contributed by atoms with Gasteiger partial charge in [-0.2, -0.15) is 0 Å². The molecular formula is C10H10ClNO5. The van der Waals surface area contributed by atoms with Gasteiger partial charge in [0.25, 0.3) is 5.60 Å². The lowest BCUT2D eigenvalue weighted by Gasteiger charge is -2.21. The Hall–Kier alpha value is -1.66. The number of methoxy groups -OCH3 is 1. The number of halogens is 1. The van der Waals surface area contributed by atoms with Crippen LogP contribution < -0.4 is 0 Å². The predicted octanol–water partition coefficient (Wildman–Crippen LogP) is 0.977. The summed E-state index contributed by atoms with van der Waals surface area (Å²) in [6.45, 7) is -0.971. The highest BCUT2D eigenvalue weighted by atomic mass is 35.5. The second-order valence-electron chi connectivity index (χ2n) is 3.35. The molecule has 0 bridgehead atoms. The summed E-state index contributed by atoms with van der Waals surface area (Å²) < 4.78 is 4.37. The quantitative estimate of drug-likeness (QED) is 0.494. The van der Waals surface area contributed by atoms with Gasteiger partial charge in [-0.05, 0) is 12.1 Å². The van der Waals surface area contributed by atoms with E-state index in [1.807, 2.05) is 0 Å². The fourth-order valence-electron chi connectivity index (χ4n) is 1.35. The van der Waals surface area contributed by atoms with Gasteiger partial charge in [0.15, 0.2) is 0 Å². The van der Waals surface area contributed by atoms with E-state index in [1.165, 1.54) is 24.3 Å². The van der Waals surface area contributed by atoms with Crippen LogP contribution in [-0.2, 0) is 15.1 Å². The molecule has 0 aliphatic rings. The molecule has 0 saturated carbocycles. The van der Waals surface area contributed by atoms with Crippen molar-refractivity contribution < 1.29 is 19.6 Å². The molecule has 1 N–H and O–H groups in total. The highest BCUT2D eigenvalue weighted by Gasteiger charge is 2.44. The van der Waals surface area contributed by atoms with Crippen molar-refractivity contribution in [2.45, 2.75) is 5.60 Å². The van der Waals surface area contributed by atoms with Crippen molar-refractivity contribution >= 4 is 17.6 Å². The minimum absolute atomic E-state index is 0.0606. The maximum absolute atomic E-state index is 11.4. The van der Waals surface area contributed by atoms with E-state index >= 15 is 0 Å². The van der Waals surface area contributed by atoms with Gasteiger partial charge in [-0.25, -0.2) is 4.79 Å². The smallest absolute Gasteiger partial charge is 0.349 e. The number of nitro groups is 1. The van der Waals surface area contributed by atoms with Crippen LogP contribution in [-0.4, -0.2) is 29.7 Å². The molecule has 1 atom stereocenters. The average molecular weight is 260 g/mol. The Morgan fingerprint density at radius 3 is 2.47 bits per heavy atom. The standard InChI is InChI=1S/C10H10ClNO5/c1-17-9(13)10(14,6-12(15)16)7-2-4-8(11)5-3-7/h2-5,14H,6H2,1H3. The van der Waals surface area contributed by atoms with Crippen molar-refractivity contribution in [2.24, 2.45) is 0 Å². The van der Waals surface area contributed by atoms with Gasteiger partial charge < -0.3 is 9.84 Å². The molecule has 1 aromatic rings. The van der Waals surface area contributed by atoms with Gasteiger partial charge >= 0.3 is 5.97 Å². The first-order valence-electron chi connectivity index (χ1n) is 4.59. The zero-order chi connectivity index (χ0) is 13.1. The third kappa shape index (κ3) is 2.92. The molecule has 0 spiro atoms. The Morgan fingerprint density at radius 1 is 1.53 bits per heavy atom. The van der Waals surface area contributed by atoms with Crippen LogP contribution in [0.15, 0.2) is 24.3 Å². The SMILES string of the molecule is COC(=O)C(O)(C[N+](=O)[O-])c1ccc(Cl)cc1. The first-order valence-corrected chi connectivity index (χ1v) is 4.96. The first kappa shape index (κ1) is 13.4. The van der Waals surface area contributed by atoms with Crippen molar-refractivity contribution in [1.82, 2.24) is 0 Å². The molecule has 6 nitrogen and oxygen atoms in total. The molecule has 92 valence electrons. The molecule has 0 aliphatic carbocycles. The first-order chi connectivity index (χ1) is 7.90. The molecule has 0 amide bonds. The molecule has 1 unspecified atom stereocenters. The number of hydrogen-bond acceptors (Lipinski definition) is 5. The van der Waals surface area contributed by atoms with E-state index in [0.717, 1.165) is 7.11 Å². The number of nitrogens with zero attached hydrogens (tertiary/aromatic N) is 1. The van der Waals surface area contributed by atoms with Crippen LogP contribution >= 0.6 is 11.6 Å². The van der Waals surface area contributed by atoms with Gasteiger partial charge in [0.1, 0.15) is 0 Å². The van der Waals surface area contributed by atoms with Crippen molar-refractivity contribution in [3.8, 4) is 0 Å². The Morgan fingerprint density at radius 2 is 2.06 bits per heavy atom. The maximum Gasteiger partial charge on any atom is 0.349 e. The van der Waals surface area contributed by atoms with E-state index in [2.05, 4.69) is 4.74 Å². The lowest BCUT2D eigenvalue weighted by molar-refractivity contribution is -0.499. The van der Waals surface area contributed by atoms with Gasteiger partial charge in [-0.15, -0.1) is 0 Å². The summed E-state index contributed by atoms with van der Waals surface area (Å²) in [5.41, 5.74) is -2.24. The van der Waals surface area contributed by atoms with Crippen LogP contribution in [0.4, 0.5) is 0 Å². The van der Waals surface area contributed by atoms with Crippen LogP contribution in [0.3, 0.4) is 0 Å². The van der Waals surface area contributed by atoms with Crippen LogP contribution in [0.5, 0.6) is 0 Å². The van der Waals surface area contributed by atoms with Crippen molar-refractivity contribution in [2.75, 3.05) is 13.7 Å². The maximum atomic E-state index is 11.4. The Bertz CT molecular complexity index is 433. The normalized spacial score (nSPS) is 13.8. The second kappa shape index (κ2) is 5.11. The van der Waals surface area contributed by atoms with Crippen molar-refractivity contribution in [1.29, 1.82) is 0 Å². The molecule has 17 heavy (non-hydrogen) atoms. The Labute approximate surface area is 102 Å². The van der Waals surface area contributed by atoms with E-state index < -0.39 is 23.0 Å². The number of benzene rings is 1. The molecule has 7 heteroatoms. The number of rotatable bonds is 4. The molecule has 0 heterocycles. The van der Waals surface area contributed by atoms with Gasteiger partial charge in [0, 0.05) is 15.5 Å². The van der Waals surface area contributed by atoms with Gasteiger partial charge in [-0.1, -0.05) is 23.7 Å². The third-order valence-corrected chi connectivity index (χ3v) is 2.45. The minimum atomic E-state index is -2.30. The third-order valence-electron chi connectivity index (χ3n) is 2.20. The van der Waals surface area contributed by atoms with Crippen LogP contribution in [0.25, 0.3) is 0 Å². The van der Waals surface area contributed by atoms with Crippen LogP contribution in [0.1, 0.15) is 5.56 Å². The predicted molar refractivity (Wildman–Crippen MR) is 59.2 cm³/mol. The molecular weight excluding hydrogens is 250 g/mol. The summed E-state index contributed by atoms with van der Waals surface area (Å²) in [4.78, 5) is 21.1. The fraction of sp³-hybridized carbons (Fsp3) is 0.300. The Balaban J connectivity index is 3.18. The fourth-order valence-corrected chi connectivity index (χ4v) is 1.48. The van der Waals surface area contributed by atoms with Crippen molar-refractivity contribution in [3.05, 3.63) is 45.0 Å². The molecule has 0 saturated heterocycles. The van der Waals surface area contributed by atoms with Gasteiger partial charge in [-0.3, -0.25) is 10.1 Å². The van der Waals surface area contributed by atoms with Gasteiger partial charge in [0.05, 0.1) is 7.11 Å². The van der Waals surface area contributed by atoms with E-state index in [1.54, 1.807) is 0 Å². The topological polar surface area (TPSA) is 89.7 Å². The molecule has 1 aromatic carbocycles. The van der Waals surface area contributed by atoms with E-state index in [9.17, 15) is 20.0 Å². The van der Waals surface area contributed by atoms with Gasteiger partial charge in [0.2, 0.25) is 6.54 Å². The highest BCUT2D eigenvalue weighted by molar-refractivity contribution is 6.30. The summed E-state index contributed by atoms with van der Waals surface area (Å²) in [5, 5.41) is 20.9. The number of ether oxygens (including phenoxy) is 1. The average Bonchev–Trinajstić information content (AvgIpc) is 2.27. The van der Waals surface area contributed by atoms with Crippen molar-refractivity contribution in [3.63, 3.8) is 0 Å². The second-order valence-corrected chi connectivity index (χ2v) is 3.79. The number of carbonyl (C=O) groups excluding carboxylic acids is 1. The summed E-state index contributed by atoms with van der Waals surface area (Å²) in [6, 6.07) is 5.51. The number of carbonyl (C=O) groups is 1. The van der Waals surface area contributed by atoms with Crippen LogP contribution in [0.2, 0.25) is 5.02 Å². The molecule has 0 aliphatic heterocycles. The largest absolute Gasteiger partial charge is 0.466 e. The highest BCUT2D eigenvalue weighted by Crippen LogP contribution is 2.24. The van der Waals surface area contributed by atoms with Crippen LogP contribution in [0, 0.1) is 10.1 Å². The summed E-state index contributed by atoms with van der Waals surface area (Å²) >= 11 is 5.65. The zero-order valence-corrected chi connectivity index (χ0v) is 9.68. The van der Waals surface area contributed by atoms with E-state index in [4.69, 9.17) is 11.6 Å². The number of esters is 1. The molecule has 0 fully saturated rings. The molecule has 0 radical (unpaired) electrons. The molecule has 1 rings (SSSR count). The lowest BCUT2D eigenvalue weighted by atomic mass is 9.94. The summed E-state index contributed by atoms with van der Waals surface area (Å²) in [7, 11) is 1.04. The minimum Gasteiger partial charge on any atom is -0.466 e. The monoisotopic (exact) mass is 259 g/mol. The Kier molecular flexibility index (Phi) is 4.03. The van der Waals surface area contributed by atoms with E-state index in [-0.39, 0.29) is 5.56 Å². The zero-order valence-electron chi connectivity index (χ0n) is 8.92. The number of aliphatic hydroxyl groups is 1. The van der Waals surface area contributed by atoms with E-state index in [0.29, 0.717) is 5.02 Å². The summed E-state index contributed by atoms with van der Waals surface area (Å²) in [6.07, 6.45) is 0. The summed E-state index contributed by atoms with van der Waals surface area (Å²) in [5.74, 6) is -1.09. The lowest BCUT2D eigenvalue weighted by Crippen LogP contribution is -2.43. The molecule has 0 aromatic heterocycles.